The smallest absolute Gasteiger partial charge is 0.300 e. The van der Waals surface area contributed by atoms with Crippen LogP contribution in [0, 0.1) is 0 Å². The first kappa shape index (κ1) is 10.5. The lowest BCUT2D eigenvalue weighted by Gasteiger charge is -2.21. The lowest BCUT2D eigenvalue weighted by atomic mass is 10.2. The van der Waals surface area contributed by atoms with Crippen LogP contribution in [0.25, 0.3) is 0 Å². The Morgan fingerprint density at radius 3 is 2.60 bits per heavy atom. The average molecular weight is 224 g/mol. The molecular weight excluding hydrogens is 212 g/mol. The fraction of sp³-hybridized carbons (Fsp3) is 0.300. The molecule has 1 aromatic carbocycles. The Labute approximate surface area is 92.6 Å². The quantitative estimate of drug-likeness (QED) is 0.773. The van der Waals surface area contributed by atoms with Crippen molar-refractivity contribution in [3.63, 3.8) is 0 Å². The summed E-state index contributed by atoms with van der Waals surface area (Å²) in [7, 11) is 1.69. The lowest BCUT2D eigenvalue weighted by Crippen LogP contribution is -2.36. The number of carbonyl (C=O) groups excluding carboxylic acids is 1. The molecule has 1 fully saturated rings. The van der Waals surface area contributed by atoms with E-state index in [2.05, 4.69) is 0 Å². The zero-order valence-electron chi connectivity index (χ0n) is 8.33. The van der Waals surface area contributed by atoms with Gasteiger partial charge in [-0.1, -0.05) is 30.3 Å². The first-order valence-electron chi connectivity index (χ1n) is 4.62. The molecule has 5 heteroatoms. The van der Waals surface area contributed by atoms with E-state index in [1.165, 1.54) is 9.21 Å². The largest absolute Gasteiger partial charge is 0.360 e. The maximum Gasteiger partial charge on any atom is 0.300 e. The lowest BCUT2D eigenvalue weighted by molar-refractivity contribution is -0.0209. The van der Waals surface area contributed by atoms with E-state index in [0.717, 1.165) is 17.5 Å². The van der Waals surface area contributed by atoms with E-state index in [1.54, 1.807) is 7.05 Å². The fourth-order valence-corrected chi connectivity index (χ4v) is 2.16. The SMILES string of the molecule is CN1SC(=O)N(Cc2ccccc2)C1O. The second kappa shape index (κ2) is 4.22. The standard InChI is InChI=1S/C10H12N2O2S/c1-11-9(13)12(10(14)15-11)7-8-5-3-2-4-6-8/h2-6,9,13H,7H2,1H3. The van der Waals surface area contributed by atoms with Crippen molar-refractivity contribution < 1.29 is 9.90 Å². The van der Waals surface area contributed by atoms with Gasteiger partial charge >= 0.3 is 0 Å². The van der Waals surface area contributed by atoms with Crippen molar-refractivity contribution in [2.24, 2.45) is 0 Å². The maximum absolute atomic E-state index is 11.5. The van der Waals surface area contributed by atoms with E-state index >= 15 is 0 Å². The summed E-state index contributed by atoms with van der Waals surface area (Å²) in [5, 5.41) is 9.58. The molecule has 1 aliphatic rings. The van der Waals surface area contributed by atoms with Crippen molar-refractivity contribution in [2.75, 3.05) is 7.05 Å². The van der Waals surface area contributed by atoms with Gasteiger partial charge in [0.05, 0.1) is 6.54 Å². The third-order valence-electron chi connectivity index (χ3n) is 2.26. The van der Waals surface area contributed by atoms with Gasteiger partial charge in [-0.05, 0) is 5.56 Å². The van der Waals surface area contributed by atoms with E-state index < -0.39 is 6.35 Å². The number of hydrogen-bond acceptors (Lipinski definition) is 4. The Morgan fingerprint density at radius 1 is 1.40 bits per heavy atom. The monoisotopic (exact) mass is 224 g/mol. The molecule has 1 aliphatic heterocycles. The van der Waals surface area contributed by atoms with Gasteiger partial charge in [0.1, 0.15) is 0 Å². The normalized spacial score (nSPS) is 22.4. The molecule has 0 radical (unpaired) electrons. The van der Waals surface area contributed by atoms with E-state index in [9.17, 15) is 9.90 Å². The Balaban J connectivity index is 2.09. The zero-order valence-corrected chi connectivity index (χ0v) is 9.15. The van der Waals surface area contributed by atoms with Crippen LogP contribution in [0.4, 0.5) is 4.79 Å². The predicted molar refractivity (Wildman–Crippen MR) is 58.7 cm³/mol. The second-order valence-corrected chi connectivity index (χ2v) is 4.47. The van der Waals surface area contributed by atoms with Gasteiger partial charge in [0.2, 0.25) is 0 Å². The summed E-state index contributed by atoms with van der Waals surface area (Å²) in [5.41, 5.74) is 1.01. The number of carbonyl (C=O) groups is 1. The highest BCUT2D eigenvalue weighted by Crippen LogP contribution is 2.27. The minimum atomic E-state index is -0.831. The van der Waals surface area contributed by atoms with Gasteiger partial charge in [-0.3, -0.25) is 9.69 Å². The highest BCUT2D eigenvalue weighted by Gasteiger charge is 2.35. The molecule has 1 unspecified atom stereocenters. The van der Waals surface area contributed by atoms with Crippen LogP contribution in [0.15, 0.2) is 30.3 Å². The molecule has 0 saturated carbocycles. The topological polar surface area (TPSA) is 43.8 Å². The van der Waals surface area contributed by atoms with Gasteiger partial charge in [0.25, 0.3) is 5.24 Å². The van der Waals surface area contributed by atoms with Crippen molar-refractivity contribution in [2.45, 2.75) is 12.9 Å². The minimum Gasteiger partial charge on any atom is -0.360 e. The highest BCUT2D eigenvalue weighted by molar-refractivity contribution is 8.11. The van der Waals surface area contributed by atoms with Crippen molar-refractivity contribution in [1.82, 2.24) is 9.21 Å². The molecular formula is C10H12N2O2S. The molecule has 1 saturated heterocycles. The Morgan fingerprint density at radius 2 is 2.07 bits per heavy atom. The number of aliphatic hydroxyl groups is 1. The molecule has 1 atom stereocenters. The molecule has 1 heterocycles. The number of amides is 1. The molecule has 2 rings (SSSR count). The summed E-state index contributed by atoms with van der Waals surface area (Å²) in [6.07, 6.45) is -0.831. The number of aliphatic hydroxyl groups excluding tert-OH is 1. The maximum atomic E-state index is 11.5. The molecule has 4 nitrogen and oxygen atoms in total. The molecule has 1 N–H and O–H groups in total. The Bertz CT molecular complexity index is 358. The predicted octanol–water partition coefficient (Wildman–Crippen LogP) is 1.48. The van der Waals surface area contributed by atoms with Crippen LogP contribution < -0.4 is 0 Å². The van der Waals surface area contributed by atoms with Gasteiger partial charge < -0.3 is 5.11 Å². The summed E-state index contributed by atoms with van der Waals surface area (Å²) >= 11 is 1.03. The van der Waals surface area contributed by atoms with Crippen LogP contribution in [-0.2, 0) is 6.54 Å². The molecule has 0 spiro atoms. The summed E-state index contributed by atoms with van der Waals surface area (Å²) in [6, 6.07) is 9.62. The zero-order chi connectivity index (χ0) is 10.8. The molecule has 0 aliphatic carbocycles. The van der Waals surface area contributed by atoms with Crippen LogP contribution in [0.2, 0.25) is 0 Å². The molecule has 1 aromatic rings. The van der Waals surface area contributed by atoms with Gasteiger partial charge in [0.15, 0.2) is 6.35 Å². The summed E-state index contributed by atoms with van der Waals surface area (Å²) in [4.78, 5) is 12.9. The third-order valence-corrected chi connectivity index (χ3v) is 3.12. The Hall–Kier alpha value is -1.04. The summed E-state index contributed by atoms with van der Waals surface area (Å²) in [6.45, 7) is 0.443. The summed E-state index contributed by atoms with van der Waals surface area (Å²) in [5.74, 6) is 0. The van der Waals surface area contributed by atoms with E-state index in [4.69, 9.17) is 0 Å². The van der Waals surface area contributed by atoms with Crippen molar-refractivity contribution in [1.29, 1.82) is 0 Å². The van der Waals surface area contributed by atoms with Crippen molar-refractivity contribution >= 4 is 17.2 Å². The Kier molecular flexibility index (Phi) is 2.95. The molecule has 0 aromatic heterocycles. The van der Waals surface area contributed by atoms with Crippen LogP contribution in [-0.4, -0.2) is 33.0 Å². The van der Waals surface area contributed by atoms with Crippen LogP contribution in [0.3, 0.4) is 0 Å². The first-order valence-corrected chi connectivity index (χ1v) is 5.39. The van der Waals surface area contributed by atoms with Gasteiger partial charge in [-0.15, -0.1) is 0 Å². The number of rotatable bonds is 2. The van der Waals surface area contributed by atoms with Crippen molar-refractivity contribution in [3.05, 3.63) is 35.9 Å². The molecule has 0 bridgehead atoms. The van der Waals surface area contributed by atoms with Crippen LogP contribution in [0.1, 0.15) is 5.56 Å². The number of benzene rings is 1. The van der Waals surface area contributed by atoms with E-state index in [-0.39, 0.29) is 5.24 Å². The fourth-order valence-electron chi connectivity index (χ4n) is 1.44. The minimum absolute atomic E-state index is 0.117. The van der Waals surface area contributed by atoms with E-state index in [1.807, 2.05) is 30.3 Å². The first-order chi connectivity index (χ1) is 7.18. The summed E-state index contributed by atoms with van der Waals surface area (Å²) < 4.78 is 1.53. The van der Waals surface area contributed by atoms with E-state index in [0.29, 0.717) is 6.54 Å². The van der Waals surface area contributed by atoms with Crippen LogP contribution >= 0.6 is 11.9 Å². The number of nitrogens with zero attached hydrogens (tertiary/aromatic N) is 2. The second-order valence-electron chi connectivity index (χ2n) is 3.36. The number of hydrogen-bond donors (Lipinski definition) is 1. The third kappa shape index (κ3) is 2.14. The molecule has 80 valence electrons. The van der Waals surface area contributed by atoms with Gasteiger partial charge in [0, 0.05) is 19.0 Å². The van der Waals surface area contributed by atoms with Gasteiger partial charge in [-0.2, -0.15) is 0 Å². The van der Waals surface area contributed by atoms with Gasteiger partial charge in [-0.25, -0.2) is 4.31 Å². The van der Waals surface area contributed by atoms with Crippen LogP contribution in [0.5, 0.6) is 0 Å². The van der Waals surface area contributed by atoms with Crippen molar-refractivity contribution in [3.8, 4) is 0 Å². The molecule has 1 amide bonds. The highest BCUT2D eigenvalue weighted by atomic mass is 32.2. The molecule has 15 heavy (non-hydrogen) atoms. The average Bonchev–Trinajstić information content (AvgIpc) is 2.47.